The minimum atomic E-state index is -0.309. The van der Waals surface area contributed by atoms with Crippen LogP contribution in [0, 0.1) is 5.41 Å². The summed E-state index contributed by atoms with van der Waals surface area (Å²) in [6.45, 7) is 10.3. The molecule has 1 saturated heterocycles. The molecule has 1 atom stereocenters. The molecule has 0 aromatic carbocycles. The molecule has 2 aromatic heterocycles. The predicted octanol–water partition coefficient (Wildman–Crippen LogP) is 2.85. The number of pyridine rings is 1. The Labute approximate surface area is 212 Å². The van der Waals surface area contributed by atoms with E-state index in [1.54, 1.807) is 13.1 Å². The minimum Gasteiger partial charge on any atom is -0.392 e. The molecule has 194 valence electrons. The number of amides is 1. The second kappa shape index (κ2) is 11.6. The molecule has 1 aliphatic heterocycles. The number of nitrogens with one attached hydrogen (secondary N) is 4. The van der Waals surface area contributed by atoms with E-state index in [1.165, 1.54) is 6.21 Å². The van der Waals surface area contributed by atoms with Gasteiger partial charge in [-0.3, -0.25) is 9.69 Å². The molecule has 0 radical (unpaired) electrons. The number of β-amino-alcohol motifs (C(OH)–C–C–N with tert-alkyl or cyclic N) is 1. The molecule has 2 aromatic rings. The van der Waals surface area contributed by atoms with E-state index in [0.717, 1.165) is 57.5 Å². The van der Waals surface area contributed by atoms with Gasteiger partial charge in [-0.1, -0.05) is 19.4 Å². The summed E-state index contributed by atoms with van der Waals surface area (Å²) in [5.41, 5.74) is 2.25. The van der Waals surface area contributed by atoms with Gasteiger partial charge in [0, 0.05) is 57.6 Å². The average Bonchev–Trinajstić information content (AvgIpc) is 3.52. The molecule has 0 bridgehead atoms. The van der Waals surface area contributed by atoms with E-state index in [0.29, 0.717) is 35.3 Å². The van der Waals surface area contributed by atoms with Crippen molar-refractivity contribution in [2.24, 2.45) is 0 Å². The van der Waals surface area contributed by atoms with Crippen molar-refractivity contribution < 1.29 is 9.90 Å². The summed E-state index contributed by atoms with van der Waals surface area (Å²) in [7, 11) is 1.62. The van der Waals surface area contributed by atoms with Crippen molar-refractivity contribution in [3.63, 3.8) is 0 Å². The van der Waals surface area contributed by atoms with E-state index < -0.39 is 0 Å². The van der Waals surface area contributed by atoms with Gasteiger partial charge in [0.25, 0.3) is 5.91 Å². The summed E-state index contributed by atoms with van der Waals surface area (Å²) in [5.74, 6) is 1.71. The van der Waals surface area contributed by atoms with Gasteiger partial charge in [0.1, 0.15) is 23.2 Å². The zero-order chi connectivity index (χ0) is 25.7. The van der Waals surface area contributed by atoms with Crippen molar-refractivity contribution in [1.82, 2.24) is 19.8 Å². The van der Waals surface area contributed by atoms with Gasteiger partial charge in [-0.15, -0.1) is 0 Å². The first-order valence-electron chi connectivity index (χ1n) is 12.7. The van der Waals surface area contributed by atoms with Crippen LogP contribution in [0.4, 0.5) is 17.3 Å². The van der Waals surface area contributed by atoms with Gasteiger partial charge in [-0.05, 0) is 38.0 Å². The van der Waals surface area contributed by atoms with Crippen molar-refractivity contribution in [1.29, 1.82) is 5.41 Å². The van der Waals surface area contributed by atoms with E-state index in [2.05, 4.69) is 37.3 Å². The molecular weight excluding hydrogens is 456 g/mol. The topological polar surface area (TPSA) is 122 Å². The number of carbonyl (C=O) groups excluding carboxylic acids is 1. The Morgan fingerprint density at radius 2 is 1.97 bits per heavy atom. The first kappa shape index (κ1) is 25.7. The summed E-state index contributed by atoms with van der Waals surface area (Å²) < 4.78 is 2.02. The number of hydrogen-bond acceptors (Lipinski definition) is 8. The van der Waals surface area contributed by atoms with Gasteiger partial charge >= 0.3 is 0 Å². The van der Waals surface area contributed by atoms with Crippen LogP contribution in [0.3, 0.4) is 0 Å². The number of nitrogens with zero attached hydrogens (tertiary/aromatic N) is 4. The average molecular weight is 495 g/mol. The Morgan fingerprint density at radius 1 is 1.25 bits per heavy atom. The van der Waals surface area contributed by atoms with E-state index in [1.807, 2.05) is 29.8 Å². The molecule has 10 heteroatoms. The normalized spacial score (nSPS) is 17.6. The van der Waals surface area contributed by atoms with Crippen molar-refractivity contribution in [3.05, 3.63) is 48.1 Å². The maximum absolute atomic E-state index is 12.6. The standard InChI is InChI=1S/C26H38N8O2/c1-18(35)17-32-10-12-33(13-11-32)22-8-9-24(29-16-22)30-19(2)31-25-20(15-27)14-23(26(36)28-3)34(25)21-6-4-5-7-21/h8-9,14-16,18,21,27,31,35H,2,4-7,10-13,17H2,1,3H3,(H,28,36)(H,29,30)/t18-/m0/s1. The number of piperazine rings is 1. The van der Waals surface area contributed by atoms with Gasteiger partial charge in [-0.25, -0.2) is 4.98 Å². The Bertz CT molecular complexity index is 1060. The number of aromatic nitrogens is 2. The molecule has 3 heterocycles. The second-order valence-corrected chi connectivity index (χ2v) is 9.63. The molecule has 36 heavy (non-hydrogen) atoms. The lowest BCUT2D eigenvalue weighted by molar-refractivity contribution is 0.0952. The number of aliphatic hydroxyl groups excluding tert-OH is 1. The molecule has 1 aliphatic carbocycles. The van der Waals surface area contributed by atoms with Crippen LogP contribution in [0.15, 0.2) is 36.8 Å². The first-order chi connectivity index (χ1) is 17.4. The van der Waals surface area contributed by atoms with Gasteiger partial charge in [0.15, 0.2) is 0 Å². The lowest BCUT2D eigenvalue weighted by Crippen LogP contribution is -2.48. The molecule has 1 amide bonds. The monoisotopic (exact) mass is 494 g/mol. The van der Waals surface area contributed by atoms with Crippen LogP contribution < -0.4 is 20.9 Å². The molecule has 2 fully saturated rings. The predicted molar refractivity (Wildman–Crippen MR) is 144 cm³/mol. The summed E-state index contributed by atoms with van der Waals surface area (Å²) in [4.78, 5) is 21.7. The van der Waals surface area contributed by atoms with Gasteiger partial charge < -0.3 is 35.9 Å². The van der Waals surface area contributed by atoms with Crippen molar-refractivity contribution >= 4 is 29.4 Å². The second-order valence-electron chi connectivity index (χ2n) is 9.63. The number of carbonyl (C=O) groups is 1. The van der Waals surface area contributed by atoms with Crippen LogP contribution in [0.5, 0.6) is 0 Å². The number of aliphatic hydroxyl groups is 1. The molecule has 5 N–H and O–H groups in total. The minimum absolute atomic E-state index is 0.166. The third kappa shape index (κ3) is 5.88. The van der Waals surface area contributed by atoms with Crippen LogP contribution in [-0.4, -0.2) is 77.6 Å². The van der Waals surface area contributed by atoms with E-state index in [4.69, 9.17) is 5.41 Å². The summed E-state index contributed by atoms with van der Waals surface area (Å²) >= 11 is 0. The molecule has 1 saturated carbocycles. The largest absolute Gasteiger partial charge is 0.392 e. The first-order valence-corrected chi connectivity index (χ1v) is 12.7. The number of hydrogen-bond donors (Lipinski definition) is 5. The Balaban J connectivity index is 1.42. The number of anilines is 3. The highest BCUT2D eigenvalue weighted by Crippen LogP contribution is 2.36. The fourth-order valence-electron chi connectivity index (χ4n) is 5.17. The van der Waals surface area contributed by atoms with Crippen molar-refractivity contribution in [3.8, 4) is 0 Å². The van der Waals surface area contributed by atoms with E-state index in [9.17, 15) is 9.90 Å². The fraction of sp³-hybridized carbons (Fsp3) is 0.500. The third-order valence-corrected chi connectivity index (χ3v) is 6.93. The maximum Gasteiger partial charge on any atom is 0.267 e. The van der Waals surface area contributed by atoms with Crippen molar-refractivity contribution in [2.75, 3.05) is 55.3 Å². The summed E-state index contributed by atoms with van der Waals surface area (Å²) in [5, 5.41) is 26.7. The van der Waals surface area contributed by atoms with E-state index >= 15 is 0 Å². The molecule has 10 nitrogen and oxygen atoms in total. The SMILES string of the molecule is C=C(Nc1ccc(N2CCN(C[C@H](C)O)CC2)cn1)Nc1c(C=N)cc(C(=O)NC)n1C1CCCC1. The number of rotatable bonds is 10. The summed E-state index contributed by atoms with van der Waals surface area (Å²) in [6.07, 6.45) is 7.06. The van der Waals surface area contributed by atoms with Gasteiger partial charge in [-0.2, -0.15) is 0 Å². The van der Waals surface area contributed by atoms with Gasteiger partial charge in [0.2, 0.25) is 0 Å². The highest BCUT2D eigenvalue weighted by atomic mass is 16.3. The zero-order valence-electron chi connectivity index (χ0n) is 21.3. The van der Waals surface area contributed by atoms with E-state index in [-0.39, 0.29) is 18.1 Å². The van der Waals surface area contributed by atoms with Crippen LogP contribution >= 0.6 is 0 Å². The molecule has 0 unspecified atom stereocenters. The Hall–Kier alpha value is -3.37. The Morgan fingerprint density at radius 3 is 2.56 bits per heavy atom. The van der Waals surface area contributed by atoms with Crippen LogP contribution in [0.1, 0.15) is 54.7 Å². The zero-order valence-corrected chi connectivity index (χ0v) is 21.3. The maximum atomic E-state index is 12.6. The van der Waals surface area contributed by atoms with Crippen LogP contribution in [-0.2, 0) is 0 Å². The molecular formula is C26H38N8O2. The summed E-state index contributed by atoms with van der Waals surface area (Å²) in [6, 6.07) is 5.93. The molecule has 2 aliphatic rings. The highest BCUT2D eigenvalue weighted by molar-refractivity contribution is 5.98. The van der Waals surface area contributed by atoms with Gasteiger partial charge in [0.05, 0.1) is 18.0 Å². The highest BCUT2D eigenvalue weighted by Gasteiger charge is 2.27. The van der Waals surface area contributed by atoms with Crippen molar-refractivity contribution in [2.45, 2.75) is 44.8 Å². The lowest BCUT2D eigenvalue weighted by atomic mass is 10.2. The lowest BCUT2D eigenvalue weighted by Gasteiger charge is -2.36. The quantitative estimate of drug-likeness (QED) is 0.322. The van der Waals surface area contributed by atoms with Crippen LogP contribution in [0.2, 0.25) is 0 Å². The third-order valence-electron chi connectivity index (χ3n) is 6.93. The van der Waals surface area contributed by atoms with Crippen LogP contribution in [0.25, 0.3) is 0 Å². The molecule has 4 rings (SSSR count). The smallest absolute Gasteiger partial charge is 0.267 e. The fourth-order valence-corrected chi connectivity index (χ4v) is 5.17. The molecule has 0 spiro atoms. The Kier molecular flexibility index (Phi) is 8.27.